The van der Waals surface area contributed by atoms with Crippen LogP contribution in [0.2, 0.25) is 0 Å². The van der Waals surface area contributed by atoms with Gasteiger partial charge in [-0.2, -0.15) is 0 Å². The molecule has 2 nitrogen and oxygen atoms in total. The van der Waals surface area contributed by atoms with Gasteiger partial charge in [-0.1, -0.05) is 32.9 Å². The summed E-state index contributed by atoms with van der Waals surface area (Å²) in [5.74, 6) is 0.948. The Hall–Kier alpha value is -0.340. The summed E-state index contributed by atoms with van der Waals surface area (Å²) in [6.07, 6.45) is 3.11. The molecule has 0 radical (unpaired) electrons. The molecule has 2 aliphatic carbocycles. The maximum atomic E-state index is 10.6. The van der Waals surface area contributed by atoms with E-state index in [1.165, 1.54) is 0 Å². The van der Waals surface area contributed by atoms with Gasteiger partial charge in [0, 0.05) is 11.3 Å². The molecule has 5 atom stereocenters. The van der Waals surface area contributed by atoms with E-state index in [1.807, 2.05) is 0 Å². The maximum absolute atomic E-state index is 10.6. The fourth-order valence-corrected chi connectivity index (χ4v) is 4.06. The number of hydrogen-bond donors (Lipinski definition) is 2. The lowest BCUT2D eigenvalue weighted by atomic mass is 9.53. The molecule has 0 aliphatic heterocycles. The van der Waals surface area contributed by atoms with Gasteiger partial charge in [-0.3, -0.25) is 0 Å². The third-order valence-corrected chi connectivity index (χ3v) is 5.30. The second kappa shape index (κ2) is 4.40. The Kier molecular flexibility index (Phi) is 3.39. The van der Waals surface area contributed by atoms with Gasteiger partial charge in [0.2, 0.25) is 0 Å². The normalized spacial score (nSPS) is 47.1. The molecule has 2 N–H and O–H groups in total. The lowest BCUT2D eigenvalue weighted by molar-refractivity contribution is -0.120. The van der Waals surface area contributed by atoms with E-state index in [4.69, 9.17) is 0 Å². The van der Waals surface area contributed by atoms with Gasteiger partial charge >= 0.3 is 0 Å². The zero-order valence-corrected chi connectivity index (χ0v) is 11.3. The van der Waals surface area contributed by atoms with Gasteiger partial charge in [-0.25, -0.2) is 0 Å². The van der Waals surface area contributed by atoms with Gasteiger partial charge in [0.15, 0.2) is 0 Å². The summed E-state index contributed by atoms with van der Waals surface area (Å²) < 4.78 is 0. The molecule has 0 aromatic rings. The molecule has 0 unspecified atom stereocenters. The Morgan fingerprint density at radius 3 is 2.53 bits per heavy atom. The monoisotopic (exact) mass is 238 g/mol. The number of hydrogen-bond acceptors (Lipinski definition) is 2. The molecule has 17 heavy (non-hydrogen) atoms. The van der Waals surface area contributed by atoms with E-state index >= 15 is 0 Å². The molecule has 2 fully saturated rings. The minimum absolute atomic E-state index is 0.0902. The molecule has 0 spiro atoms. The van der Waals surface area contributed by atoms with Crippen LogP contribution in [0.3, 0.4) is 0 Å². The Bertz CT molecular complexity index is 310. The highest BCUT2D eigenvalue weighted by Crippen LogP contribution is 2.54. The van der Waals surface area contributed by atoms with E-state index in [0.29, 0.717) is 11.8 Å². The van der Waals surface area contributed by atoms with Gasteiger partial charge in [0.05, 0.1) is 12.2 Å². The standard InChI is InChI=1S/C15H26O2/c1-9(2)11-7-8-15(4)12(16)6-5-10(3)13(15)14(11)17/h9,11-14,16-17H,3,5-8H2,1-2,4H3/t11-,12-,13+,14-,15+/m1/s1. The first-order valence-electron chi connectivity index (χ1n) is 6.91. The predicted molar refractivity (Wildman–Crippen MR) is 69.5 cm³/mol. The van der Waals surface area contributed by atoms with Gasteiger partial charge in [0.1, 0.15) is 0 Å². The number of aliphatic hydroxyl groups excluding tert-OH is 2. The third kappa shape index (κ3) is 1.96. The Morgan fingerprint density at radius 2 is 1.94 bits per heavy atom. The zero-order chi connectivity index (χ0) is 12.8. The van der Waals surface area contributed by atoms with Crippen molar-refractivity contribution in [1.82, 2.24) is 0 Å². The van der Waals surface area contributed by atoms with Crippen LogP contribution < -0.4 is 0 Å². The molecule has 0 aromatic heterocycles. The molecule has 0 amide bonds. The van der Waals surface area contributed by atoms with Gasteiger partial charge in [-0.15, -0.1) is 0 Å². The molecular weight excluding hydrogens is 212 g/mol. The van der Waals surface area contributed by atoms with Crippen LogP contribution >= 0.6 is 0 Å². The average Bonchev–Trinajstić information content (AvgIpc) is 2.23. The molecule has 0 heterocycles. The van der Waals surface area contributed by atoms with E-state index in [-0.39, 0.29) is 23.5 Å². The molecular formula is C15H26O2. The smallest absolute Gasteiger partial charge is 0.0642 e. The van der Waals surface area contributed by atoms with Gasteiger partial charge in [0.25, 0.3) is 0 Å². The summed E-state index contributed by atoms with van der Waals surface area (Å²) in [7, 11) is 0. The van der Waals surface area contributed by atoms with Crippen molar-refractivity contribution in [3.8, 4) is 0 Å². The Morgan fingerprint density at radius 1 is 1.29 bits per heavy atom. The molecule has 98 valence electrons. The predicted octanol–water partition coefficient (Wildman–Crippen LogP) is 2.75. The van der Waals surface area contributed by atoms with E-state index in [1.54, 1.807) is 0 Å². The average molecular weight is 238 g/mol. The van der Waals surface area contributed by atoms with Crippen LogP contribution in [0.1, 0.15) is 46.5 Å². The molecule has 2 aliphatic rings. The number of aliphatic hydroxyl groups is 2. The minimum atomic E-state index is -0.323. The third-order valence-electron chi connectivity index (χ3n) is 5.30. The minimum Gasteiger partial charge on any atom is -0.393 e. The van der Waals surface area contributed by atoms with Crippen molar-refractivity contribution in [2.24, 2.45) is 23.2 Å². The van der Waals surface area contributed by atoms with Crippen LogP contribution in [0.5, 0.6) is 0 Å². The Balaban J connectivity index is 2.29. The summed E-state index contributed by atoms with van der Waals surface area (Å²) in [5.41, 5.74) is 0.996. The van der Waals surface area contributed by atoms with Crippen LogP contribution in [0.15, 0.2) is 12.2 Å². The zero-order valence-electron chi connectivity index (χ0n) is 11.3. The summed E-state index contributed by atoms with van der Waals surface area (Å²) in [6.45, 7) is 10.6. The van der Waals surface area contributed by atoms with Crippen LogP contribution in [0.25, 0.3) is 0 Å². The van der Waals surface area contributed by atoms with Crippen molar-refractivity contribution in [2.75, 3.05) is 0 Å². The summed E-state index contributed by atoms with van der Waals surface area (Å²) in [4.78, 5) is 0. The van der Waals surface area contributed by atoms with Crippen molar-refractivity contribution in [3.63, 3.8) is 0 Å². The largest absolute Gasteiger partial charge is 0.393 e. The number of rotatable bonds is 1. The topological polar surface area (TPSA) is 40.5 Å². The van der Waals surface area contributed by atoms with E-state index in [9.17, 15) is 10.2 Å². The first-order chi connectivity index (χ1) is 7.88. The Labute approximate surface area is 105 Å². The lowest BCUT2D eigenvalue weighted by Crippen LogP contribution is -2.54. The number of fused-ring (bicyclic) bond motifs is 1. The first-order valence-corrected chi connectivity index (χ1v) is 6.91. The van der Waals surface area contributed by atoms with Crippen LogP contribution in [-0.2, 0) is 0 Å². The van der Waals surface area contributed by atoms with Crippen molar-refractivity contribution >= 4 is 0 Å². The second-order valence-electron chi connectivity index (χ2n) is 6.63. The van der Waals surface area contributed by atoms with Crippen molar-refractivity contribution < 1.29 is 10.2 Å². The van der Waals surface area contributed by atoms with Crippen LogP contribution in [0, 0.1) is 23.2 Å². The molecule has 2 heteroatoms. The fraction of sp³-hybridized carbons (Fsp3) is 0.867. The van der Waals surface area contributed by atoms with Crippen molar-refractivity contribution in [3.05, 3.63) is 12.2 Å². The highest BCUT2D eigenvalue weighted by atomic mass is 16.3. The summed E-state index contributed by atoms with van der Waals surface area (Å²) >= 11 is 0. The van der Waals surface area contributed by atoms with Crippen molar-refractivity contribution in [1.29, 1.82) is 0 Å². The SMILES string of the molecule is C=C1CC[C@@H](O)[C@]2(C)CC[C@H](C(C)C)[C@@H](O)[C@H]12. The molecule has 0 saturated heterocycles. The summed E-state index contributed by atoms with van der Waals surface area (Å²) in [6, 6.07) is 0. The van der Waals surface area contributed by atoms with E-state index in [2.05, 4.69) is 27.4 Å². The molecule has 0 aromatic carbocycles. The van der Waals surface area contributed by atoms with Crippen LogP contribution in [-0.4, -0.2) is 22.4 Å². The van der Waals surface area contributed by atoms with E-state index < -0.39 is 0 Å². The first kappa shape index (κ1) is 13.1. The molecule has 0 bridgehead atoms. The van der Waals surface area contributed by atoms with Gasteiger partial charge < -0.3 is 10.2 Å². The van der Waals surface area contributed by atoms with Gasteiger partial charge in [-0.05, 0) is 37.5 Å². The molecule has 2 rings (SSSR count). The summed E-state index contributed by atoms with van der Waals surface area (Å²) in [5, 5.41) is 20.9. The highest BCUT2D eigenvalue weighted by Gasteiger charge is 2.52. The highest BCUT2D eigenvalue weighted by molar-refractivity contribution is 5.17. The quantitative estimate of drug-likeness (QED) is 0.690. The maximum Gasteiger partial charge on any atom is 0.0642 e. The van der Waals surface area contributed by atoms with Crippen LogP contribution in [0.4, 0.5) is 0 Å². The second-order valence-corrected chi connectivity index (χ2v) is 6.63. The molecule has 2 saturated carbocycles. The van der Waals surface area contributed by atoms with E-state index in [0.717, 1.165) is 31.3 Å². The lowest BCUT2D eigenvalue weighted by Gasteiger charge is -2.54. The van der Waals surface area contributed by atoms with Crippen molar-refractivity contribution in [2.45, 2.75) is 58.7 Å². The fourth-order valence-electron chi connectivity index (χ4n) is 4.06.